The van der Waals surface area contributed by atoms with Gasteiger partial charge in [0.15, 0.2) is 0 Å². The molecule has 3 nitrogen and oxygen atoms in total. The van der Waals surface area contributed by atoms with Crippen molar-refractivity contribution in [3.8, 4) is 0 Å². The Kier molecular flexibility index (Phi) is 4.19. The molecule has 98 valence electrons. The highest BCUT2D eigenvalue weighted by molar-refractivity contribution is 7.89. The summed E-state index contributed by atoms with van der Waals surface area (Å²) >= 11 is 0. The van der Waals surface area contributed by atoms with Crippen LogP contribution in [0.5, 0.6) is 0 Å². The number of nitrogens with one attached hydrogen (secondary N) is 1. The lowest BCUT2D eigenvalue weighted by Crippen LogP contribution is -2.34. The molecule has 0 amide bonds. The molecule has 0 heterocycles. The van der Waals surface area contributed by atoms with Gasteiger partial charge in [-0.15, -0.1) is 0 Å². The summed E-state index contributed by atoms with van der Waals surface area (Å²) in [4.78, 5) is 0.352. The molecule has 0 atom stereocenters. The van der Waals surface area contributed by atoms with Gasteiger partial charge in [0.05, 0.1) is 4.90 Å². The molecule has 0 unspecified atom stereocenters. The van der Waals surface area contributed by atoms with Gasteiger partial charge in [0, 0.05) is 6.04 Å². The summed E-state index contributed by atoms with van der Waals surface area (Å²) in [6.45, 7) is 1.95. The largest absolute Gasteiger partial charge is 0.240 e. The Bertz CT molecular complexity index is 507. The monoisotopic (exact) mass is 265 g/mol. The standard InChI is InChI=1S/C14H19NO2S/c1-12-8-10-14(11-9-12)18(16,17)15-13-6-4-2-3-5-7-13/h2-3,8-11,13,15H,4-7H2,1H3. The molecule has 1 aliphatic carbocycles. The van der Waals surface area contributed by atoms with Crippen LogP contribution < -0.4 is 4.72 Å². The normalized spacial score (nSPS) is 17.6. The number of benzene rings is 1. The summed E-state index contributed by atoms with van der Waals surface area (Å²) in [7, 11) is -3.37. The molecule has 0 saturated heterocycles. The van der Waals surface area contributed by atoms with E-state index in [1.807, 2.05) is 19.1 Å². The molecule has 4 heteroatoms. The fourth-order valence-electron chi connectivity index (χ4n) is 2.10. The van der Waals surface area contributed by atoms with Gasteiger partial charge in [0.1, 0.15) is 0 Å². The zero-order chi connectivity index (χ0) is 13.0. The molecule has 0 radical (unpaired) electrons. The van der Waals surface area contributed by atoms with E-state index in [4.69, 9.17) is 0 Å². The van der Waals surface area contributed by atoms with Gasteiger partial charge >= 0.3 is 0 Å². The van der Waals surface area contributed by atoms with Gasteiger partial charge in [0.2, 0.25) is 10.0 Å². The molecule has 2 rings (SSSR count). The molecular formula is C14H19NO2S. The molecule has 0 aromatic heterocycles. The van der Waals surface area contributed by atoms with Crippen molar-refractivity contribution in [2.75, 3.05) is 0 Å². The Morgan fingerprint density at radius 3 is 2.17 bits per heavy atom. The molecule has 1 aromatic carbocycles. The summed E-state index contributed by atoms with van der Waals surface area (Å²) in [6, 6.07) is 7.01. The summed E-state index contributed by atoms with van der Waals surface area (Å²) < 4.78 is 27.2. The van der Waals surface area contributed by atoms with Gasteiger partial charge in [-0.3, -0.25) is 0 Å². The predicted molar refractivity (Wildman–Crippen MR) is 72.9 cm³/mol. The minimum absolute atomic E-state index is 0.0475. The van der Waals surface area contributed by atoms with Gasteiger partial charge in [-0.2, -0.15) is 0 Å². The molecule has 18 heavy (non-hydrogen) atoms. The van der Waals surface area contributed by atoms with Crippen molar-refractivity contribution in [1.29, 1.82) is 0 Å². The highest BCUT2D eigenvalue weighted by Gasteiger charge is 2.19. The van der Waals surface area contributed by atoms with Crippen LogP contribution in [0.1, 0.15) is 31.2 Å². The number of sulfonamides is 1. The van der Waals surface area contributed by atoms with Gasteiger partial charge in [-0.25, -0.2) is 13.1 Å². The molecule has 0 fully saturated rings. The van der Waals surface area contributed by atoms with Crippen LogP contribution in [0.4, 0.5) is 0 Å². The van der Waals surface area contributed by atoms with E-state index in [-0.39, 0.29) is 6.04 Å². The smallest absolute Gasteiger partial charge is 0.208 e. The SMILES string of the molecule is Cc1ccc(S(=O)(=O)NC2CCC=CCC2)cc1. The van der Waals surface area contributed by atoms with E-state index in [1.54, 1.807) is 12.1 Å². The number of allylic oxidation sites excluding steroid dienone is 2. The second kappa shape index (κ2) is 5.67. The number of aryl methyl sites for hydroxylation is 1. The molecule has 1 N–H and O–H groups in total. The van der Waals surface area contributed by atoms with Crippen LogP contribution in [-0.4, -0.2) is 14.5 Å². The van der Waals surface area contributed by atoms with Crippen LogP contribution in [0.15, 0.2) is 41.3 Å². The van der Waals surface area contributed by atoms with Crippen molar-refractivity contribution in [1.82, 2.24) is 4.72 Å². The van der Waals surface area contributed by atoms with E-state index in [1.165, 1.54) is 0 Å². The number of hydrogen-bond acceptors (Lipinski definition) is 2. The van der Waals surface area contributed by atoms with Crippen molar-refractivity contribution >= 4 is 10.0 Å². The van der Waals surface area contributed by atoms with E-state index in [0.29, 0.717) is 4.90 Å². The van der Waals surface area contributed by atoms with Gasteiger partial charge in [-0.1, -0.05) is 29.8 Å². The van der Waals surface area contributed by atoms with Crippen molar-refractivity contribution < 1.29 is 8.42 Å². The second-order valence-corrected chi connectivity index (χ2v) is 6.47. The van der Waals surface area contributed by atoms with E-state index >= 15 is 0 Å². The van der Waals surface area contributed by atoms with E-state index < -0.39 is 10.0 Å². The minimum atomic E-state index is -3.37. The van der Waals surface area contributed by atoms with Crippen molar-refractivity contribution in [3.05, 3.63) is 42.0 Å². The Hall–Kier alpha value is -1.13. The lowest BCUT2D eigenvalue weighted by atomic mass is 10.1. The van der Waals surface area contributed by atoms with Crippen LogP contribution >= 0.6 is 0 Å². The quantitative estimate of drug-likeness (QED) is 0.854. The van der Waals surface area contributed by atoms with E-state index in [0.717, 1.165) is 31.2 Å². The highest BCUT2D eigenvalue weighted by Crippen LogP contribution is 2.16. The fraction of sp³-hybridized carbons (Fsp3) is 0.429. The third kappa shape index (κ3) is 3.43. The third-order valence-corrected chi connectivity index (χ3v) is 4.72. The molecule has 0 bridgehead atoms. The minimum Gasteiger partial charge on any atom is -0.208 e. The summed E-state index contributed by atoms with van der Waals surface area (Å²) in [6.07, 6.45) is 7.89. The van der Waals surface area contributed by atoms with Gasteiger partial charge < -0.3 is 0 Å². The molecule has 0 spiro atoms. The highest BCUT2D eigenvalue weighted by atomic mass is 32.2. The van der Waals surface area contributed by atoms with Gasteiger partial charge in [-0.05, 0) is 44.7 Å². The topological polar surface area (TPSA) is 46.2 Å². The average Bonchev–Trinajstić information content (AvgIpc) is 2.57. The first-order valence-corrected chi connectivity index (χ1v) is 7.80. The number of rotatable bonds is 3. The van der Waals surface area contributed by atoms with E-state index in [9.17, 15) is 8.42 Å². The molecule has 1 aromatic rings. The van der Waals surface area contributed by atoms with Crippen LogP contribution in [0.2, 0.25) is 0 Å². The Morgan fingerprint density at radius 2 is 1.61 bits per heavy atom. The van der Waals surface area contributed by atoms with Crippen LogP contribution in [0.25, 0.3) is 0 Å². The zero-order valence-electron chi connectivity index (χ0n) is 10.6. The molecule has 0 saturated carbocycles. The first-order chi connectivity index (χ1) is 8.58. The Morgan fingerprint density at radius 1 is 1.06 bits per heavy atom. The second-order valence-electron chi connectivity index (χ2n) is 4.76. The molecular weight excluding hydrogens is 246 g/mol. The Balaban J connectivity index is 2.09. The lowest BCUT2D eigenvalue weighted by molar-refractivity contribution is 0.515. The molecule has 1 aliphatic rings. The summed E-state index contributed by atoms with van der Waals surface area (Å²) in [5, 5.41) is 0. The lowest BCUT2D eigenvalue weighted by Gasteiger charge is -2.16. The summed E-state index contributed by atoms with van der Waals surface area (Å²) in [5.41, 5.74) is 1.06. The van der Waals surface area contributed by atoms with Crippen molar-refractivity contribution in [2.45, 2.75) is 43.5 Å². The maximum absolute atomic E-state index is 12.2. The van der Waals surface area contributed by atoms with Crippen molar-refractivity contribution in [2.24, 2.45) is 0 Å². The van der Waals surface area contributed by atoms with Crippen LogP contribution in [-0.2, 0) is 10.0 Å². The first-order valence-electron chi connectivity index (χ1n) is 6.32. The maximum atomic E-state index is 12.2. The third-order valence-electron chi connectivity index (χ3n) is 3.18. The van der Waals surface area contributed by atoms with E-state index in [2.05, 4.69) is 16.9 Å². The molecule has 0 aliphatic heterocycles. The maximum Gasteiger partial charge on any atom is 0.240 e. The zero-order valence-corrected chi connectivity index (χ0v) is 11.4. The summed E-state index contributed by atoms with van der Waals surface area (Å²) in [5.74, 6) is 0. The first kappa shape index (κ1) is 13.3. The fourth-order valence-corrected chi connectivity index (χ4v) is 3.40. The average molecular weight is 265 g/mol. The number of hydrogen-bond donors (Lipinski definition) is 1. The Labute approximate surface area is 109 Å². The predicted octanol–water partition coefficient (Wildman–Crippen LogP) is 2.77. The van der Waals surface area contributed by atoms with Crippen LogP contribution in [0, 0.1) is 6.92 Å². The van der Waals surface area contributed by atoms with Crippen LogP contribution in [0.3, 0.4) is 0 Å². The van der Waals surface area contributed by atoms with Crippen molar-refractivity contribution in [3.63, 3.8) is 0 Å². The van der Waals surface area contributed by atoms with Gasteiger partial charge in [0.25, 0.3) is 0 Å².